The topological polar surface area (TPSA) is 55.2 Å². The number of aromatic nitrogens is 2. The van der Waals surface area contributed by atoms with E-state index in [4.69, 9.17) is 0 Å². The quantitative estimate of drug-likeness (QED) is 0.853. The molecule has 0 bridgehead atoms. The molecule has 6 heteroatoms. The summed E-state index contributed by atoms with van der Waals surface area (Å²) in [7, 11) is -1.06. The van der Waals surface area contributed by atoms with Gasteiger partial charge in [-0.3, -0.25) is 4.90 Å². The summed E-state index contributed by atoms with van der Waals surface area (Å²) in [5.74, 6) is 1.64. The second kappa shape index (κ2) is 6.69. The monoisotopic (exact) mass is 347 g/mol. The van der Waals surface area contributed by atoms with Crippen molar-refractivity contribution >= 4 is 9.84 Å². The van der Waals surface area contributed by atoms with Crippen LogP contribution in [0.4, 0.5) is 0 Å². The van der Waals surface area contributed by atoms with Gasteiger partial charge in [0.15, 0.2) is 9.84 Å². The van der Waals surface area contributed by atoms with E-state index < -0.39 is 9.84 Å². The number of rotatable bonds is 4. The maximum absolute atomic E-state index is 11.5. The lowest BCUT2D eigenvalue weighted by Gasteiger charge is -2.32. The molecular weight excluding hydrogens is 322 g/mol. The number of hydrogen-bond acceptors (Lipinski definition) is 4. The van der Waals surface area contributed by atoms with Crippen molar-refractivity contribution in [1.29, 1.82) is 0 Å². The molecule has 0 aliphatic carbocycles. The number of aryl methyl sites for hydroxylation is 2. The average molecular weight is 347 g/mol. The Labute approximate surface area is 144 Å². The van der Waals surface area contributed by atoms with Gasteiger partial charge in [-0.05, 0) is 44.0 Å². The first kappa shape index (κ1) is 17.2. The van der Waals surface area contributed by atoms with Crippen LogP contribution in [0.25, 0.3) is 0 Å². The van der Waals surface area contributed by atoms with Gasteiger partial charge in [-0.1, -0.05) is 12.1 Å². The van der Waals surface area contributed by atoms with Gasteiger partial charge in [0.25, 0.3) is 0 Å². The van der Waals surface area contributed by atoms with E-state index in [1.165, 1.54) is 18.5 Å². The van der Waals surface area contributed by atoms with Crippen LogP contribution in [-0.4, -0.2) is 42.2 Å². The molecule has 1 aliphatic rings. The summed E-state index contributed by atoms with van der Waals surface area (Å²) in [4.78, 5) is 7.50. The van der Waals surface area contributed by atoms with Crippen LogP contribution in [0.5, 0.6) is 0 Å². The Balaban J connectivity index is 1.68. The maximum atomic E-state index is 11.5. The van der Waals surface area contributed by atoms with Crippen molar-refractivity contribution in [3.05, 3.63) is 47.5 Å². The molecule has 1 atom stereocenters. The van der Waals surface area contributed by atoms with Gasteiger partial charge in [0.05, 0.1) is 10.6 Å². The van der Waals surface area contributed by atoms with Crippen molar-refractivity contribution < 1.29 is 8.42 Å². The van der Waals surface area contributed by atoms with E-state index >= 15 is 0 Å². The molecule has 1 aliphatic heterocycles. The Morgan fingerprint density at radius 2 is 1.96 bits per heavy atom. The Hall–Kier alpha value is -1.66. The van der Waals surface area contributed by atoms with Crippen LogP contribution in [0.2, 0.25) is 0 Å². The van der Waals surface area contributed by atoms with E-state index in [0.717, 1.165) is 37.3 Å². The van der Waals surface area contributed by atoms with Crippen molar-refractivity contribution in [2.75, 3.05) is 19.3 Å². The van der Waals surface area contributed by atoms with E-state index in [-0.39, 0.29) is 0 Å². The smallest absolute Gasteiger partial charge is 0.175 e. The molecule has 0 spiro atoms. The number of sulfone groups is 1. The number of likely N-dealkylation sites (tertiary alicyclic amines) is 1. The number of imidazole rings is 1. The molecule has 0 saturated carbocycles. The Morgan fingerprint density at radius 1 is 1.25 bits per heavy atom. The molecule has 2 aromatic rings. The van der Waals surface area contributed by atoms with Gasteiger partial charge >= 0.3 is 0 Å². The van der Waals surface area contributed by atoms with Gasteiger partial charge in [0, 0.05) is 38.5 Å². The van der Waals surface area contributed by atoms with Crippen LogP contribution < -0.4 is 0 Å². The number of nitrogens with zero attached hydrogens (tertiary/aromatic N) is 3. The van der Waals surface area contributed by atoms with Crippen molar-refractivity contribution in [3.8, 4) is 0 Å². The molecule has 5 nitrogen and oxygen atoms in total. The molecule has 1 saturated heterocycles. The van der Waals surface area contributed by atoms with E-state index in [1.807, 2.05) is 19.1 Å². The highest BCUT2D eigenvalue weighted by molar-refractivity contribution is 7.90. The molecule has 3 rings (SSSR count). The number of benzene rings is 1. The van der Waals surface area contributed by atoms with Gasteiger partial charge in [0.1, 0.15) is 5.82 Å². The Morgan fingerprint density at radius 3 is 2.54 bits per heavy atom. The second-order valence-electron chi connectivity index (χ2n) is 6.84. The van der Waals surface area contributed by atoms with Crippen molar-refractivity contribution in [2.24, 2.45) is 7.05 Å². The predicted octanol–water partition coefficient (Wildman–Crippen LogP) is 2.51. The molecule has 1 fully saturated rings. The summed E-state index contributed by atoms with van der Waals surface area (Å²) in [5, 5.41) is 0. The third kappa shape index (κ3) is 3.87. The fraction of sp³-hybridized carbons (Fsp3) is 0.500. The minimum atomic E-state index is -3.12. The molecule has 24 heavy (non-hydrogen) atoms. The zero-order valence-corrected chi connectivity index (χ0v) is 15.4. The summed E-state index contributed by atoms with van der Waals surface area (Å²) < 4.78 is 25.2. The van der Waals surface area contributed by atoms with Crippen molar-refractivity contribution in [1.82, 2.24) is 14.5 Å². The van der Waals surface area contributed by atoms with Crippen LogP contribution in [0.15, 0.2) is 35.4 Å². The first-order valence-corrected chi connectivity index (χ1v) is 10.2. The summed E-state index contributed by atoms with van der Waals surface area (Å²) in [6, 6.07) is 7.25. The van der Waals surface area contributed by atoms with Gasteiger partial charge in [-0.2, -0.15) is 0 Å². The zero-order chi connectivity index (χ0) is 17.3. The molecule has 2 heterocycles. The minimum Gasteiger partial charge on any atom is -0.337 e. The summed E-state index contributed by atoms with van der Waals surface area (Å²) in [6.45, 7) is 4.96. The third-order valence-corrected chi connectivity index (χ3v) is 5.79. The lowest BCUT2D eigenvalue weighted by atomic mass is 9.96. The molecule has 0 amide bonds. The Bertz CT molecular complexity index is 809. The first-order valence-electron chi connectivity index (χ1n) is 8.34. The first-order chi connectivity index (χ1) is 11.3. The minimum absolute atomic E-state index is 0.381. The van der Waals surface area contributed by atoms with Gasteiger partial charge in [0.2, 0.25) is 0 Å². The average Bonchev–Trinajstić information content (AvgIpc) is 2.86. The third-order valence-electron chi connectivity index (χ3n) is 4.66. The van der Waals surface area contributed by atoms with Crippen LogP contribution in [0.1, 0.15) is 35.8 Å². The van der Waals surface area contributed by atoms with Crippen molar-refractivity contribution in [2.45, 2.75) is 37.1 Å². The molecule has 0 N–H and O–H groups in total. The highest BCUT2D eigenvalue weighted by Crippen LogP contribution is 2.27. The normalized spacial score (nSPS) is 19.5. The van der Waals surface area contributed by atoms with Crippen molar-refractivity contribution in [3.63, 3.8) is 0 Å². The highest BCUT2D eigenvalue weighted by atomic mass is 32.2. The molecule has 1 aromatic carbocycles. The van der Waals surface area contributed by atoms with Crippen LogP contribution >= 0.6 is 0 Å². The Kier molecular flexibility index (Phi) is 4.78. The van der Waals surface area contributed by atoms with E-state index in [0.29, 0.717) is 10.8 Å². The standard InChI is InChI=1S/C18H25N3O2S/c1-14-11-20(2)18(19-14)16-5-4-10-21(13-16)12-15-6-8-17(9-7-15)24(3,22)23/h6-9,11,16H,4-5,10,12-13H2,1-3H3. The zero-order valence-electron chi connectivity index (χ0n) is 14.6. The number of piperidine rings is 1. The summed E-state index contributed by atoms with van der Waals surface area (Å²) in [6.07, 6.45) is 5.66. The lowest BCUT2D eigenvalue weighted by molar-refractivity contribution is 0.195. The molecule has 0 radical (unpaired) electrons. The maximum Gasteiger partial charge on any atom is 0.175 e. The van der Waals surface area contributed by atoms with E-state index in [9.17, 15) is 8.42 Å². The van der Waals surface area contributed by atoms with E-state index in [1.54, 1.807) is 12.1 Å². The molecule has 130 valence electrons. The SMILES string of the molecule is Cc1cn(C)c(C2CCCN(Cc3ccc(S(C)(=O)=O)cc3)C2)n1. The van der Waals surface area contributed by atoms with Gasteiger partial charge < -0.3 is 4.57 Å². The van der Waals surface area contributed by atoms with Gasteiger partial charge in [-0.15, -0.1) is 0 Å². The second-order valence-corrected chi connectivity index (χ2v) is 8.86. The predicted molar refractivity (Wildman–Crippen MR) is 94.7 cm³/mol. The molecule has 1 aromatic heterocycles. The molecular formula is C18H25N3O2S. The van der Waals surface area contributed by atoms with Crippen LogP contribution in [-0.2, 0) is 23.4 Å². The molecule has 1 unspecified atom stereocenters. The lowest BCUT2D eigenvalue weighted by Crippen LogP contribution is -2.34. The summed E-state index contributed by atoms with van der Waals surface area (Å²) >= 11 is 0. The van der Waals surface area contributed by atoms with Crippen LogP contribution in [0.3, 0.4) is 0 Å². The fourth-order valence-electron chi connectivity index (χ4n) is 3.52. The summed E-state index contributed by atoms with van der Waals surface area (Å²) in [5.41, 5.74) is 2.22. The number of hydrogen-bond donors (Lipinski definition) is 0. The van der Waals surface area contributed by atoms with Crippen LogP contribution in [0, 0.1) is 6.92 Å². The van der Waals surface area contributed by atoms with E-state index in [2.05, 4.69) is 27.7 Å². The highest BCUT2D eigenvalue weighted by Gasteiger charge is 2.24. The largest absolute Gasteiger partial charge is 0.337 e. The van der Waals surface area contributed by atoms with Gasteiger partial charge in [-0.25, -0.2) is 13.4 Å². The fourth-order valence-corrected chi connectivity index (χ4v) is 4.15.